The van der Waals surface area contributed by atoms with E-state index in [1.165, 1.54) is 17.1 Å². The van der Waals surface area contributed by atoms with Gasteiger partial charge in [-0.2, -0.15) is 4.68 Å². The Kier molecular flexibility index (Phi) is 8.16. The molecule has 2 heterocycles. The fourth-order valence-corrected chi connectivity index (χ4v) is 4.56. The molecule has 0 saturated carbocycles. The lowest BCUT2D eigenvalue weighted by Gasteiger charge is -2.18. The second-order valence-corrected chi connectivity index (χ2v) is 9.61. The Morgan fingerprint density at radius 2 is 1.90 bits per heavy atom. The van der Waals surface area contributed by atoms with E-state index in [-0.39, 0.29) is 12.8 Å². The Balaban J connectivity index is 1.36. The lowest BCUT2D eigenvalue weighted by Crippen LogP contribution is -2.44. The molecule has 206 valence electrons. The van der Waals surface area contributed by atoms with Crippen LogP contribution in [0.3, 0.4) is 0 Å². The topological polar surface area (TPSA) is 155 Å². The highest BCUT2D eigenvalue weighted by molar-refractivity contribution is 6.30. The number of aromatic nitrogens is 5. The van der Waals surface area contributed by atoms with Gasteiger partial charge in [0, 0.05) is 45.9 Å². The van der Waals surface area contributed by atoms with Crippen molar-refractivity contribution in [2.24, 2.45) is 0 Å². The van der Waals surface area contributed by atoms with Crippen molar-refractivity contribution in [3.8, 4) is 5.69 Å². The Morgan fingerprint density at radius 3 is 2.66 bits per heavy atom. The second kappa shape index (κ2) is 12.3. The first-order chi connectivity index (χ1) is 19.9. The molecular weight excluding hydrogens is 546 g/mol. The maximum Gasteiger partial charge on any atom is 0.307 e. The lowest BCUT2D eigenvalue weighted by molar-refractivity contribution is -0.136. The average Bonchev–Trinajstić information content (AvgIpc) is 3.63. The van der Waals surface area contributed by atoms with Crippen LogP contribution in [0.5, 0.6) is 0 Å². The van der Waals surface area contributed by atoms with Gasteiger partial charge >= 0.3 is 5.97 Å². The first-order valence-corrected chi connectivity index (χ1v) is 12.9. The van der Waals surface area contributed by atoms with Gasteiger partial charge in [0.15, 0.2) is 0 Å². The van der Waals surface area contributed by atoms with E-state index in [4.69, 9.17) is 11.6 Å². The number of carboxylic acids is 1. The van der Waals surface area contributed by atoms with Crippen LogP contribution < -0.4 is 10.6 Å². The Labute approximate surface area is 238 Å². The molecule has 0 radical (unpaired) electrons. The van der Waals surface area contributed by atoms with E-state index in [1.54, 1.807) is 48.7 Å². The summed E-state index contributed by atoms with van der Waals surface area (Å²) in [6, 6.07) is 18.7. The minimum Gasteiger partial charge on any atom is -0.481 e. The highest BCUT2D eigenvalue weighted by Gasteiger charge is 2.21. The number of nitrogens with zero attached hydrogens (tertiary/aromatic N) is 4. The number of rotatable bonds is 10. The molecule has 0 unspecified atom stereocenters. The summed E-state index contributed by atoms with van der Waals surface area (Å²) in [5.74, 6) is -1.88. The van der Waals surface area contributed by atoms with Gasteiger partial charge in [-0.05, 0) is 64.0 Å². The van der Waals surface area contributed by atoms with Crippen molar-refractivity contribution < 1.29 is 19.5 Å². The van der Waals surface area contributed by atoms with Gasteiger partial charge in [0.25, 0.3) is 0 Å². The maximum atomic E-state index is 13.4. The number of nitrogens with one attached hydrogen (secondary N) is 3. The van der Waals surface area contributed by atoms with Crippen LogP contribution in [0.25, 0.3) is 22.7 Å². The highest BCUT2D eigenvalue weighted by atomic mass is 35.5. The predicted octanol–water partition coefficient (Wildman–Crippen LogP) is 3.80. The summed E-state index contributed by atoms with van der Waals surface area (Å²) >= 11 is 6.17. The Morgan fingerprint density at radius 1 is 1.07 bits per heavy atom. The first-order valence-electron chi connectivity index (χ1n) is 12.5. The molecule has 41 heavy (non-hydrogen) atoms. The number of H-pyrrole nitrogens is 1. The molecule has 0 fully saturated rings. The molecule has 1 atom stereocenters. The number of carboxylic acid groups (broad SMARTS) is 1. The molecule has 2 aromatic heterocycles. The van der Waals surface area contributed by atoms with Crippen LogP contribution in [0.15, 0.2) is 85.3 Å². The number of halogens is 1. The van der Waals surface area contributed by atoms with Gasteiger partial charge in [-0.1, -0.05) is 41.9 Å². The van der Waals surface area contributed by atoms with Crippen LogP contribution in [-0.4, -0.2) is 54.1 Å². The summed E-state index contributed by atoms with van der Waals surface area (Å²) in [5.41, 5.74) is 3.90. The third-order valence-corrected chi connectivity index (χ3v) is 6.53. The minimum absolute atomic E-state index is 0.155. The van der Waals surface area contributed by atoms with Crippen LogP contribution in [0.4, 0.5) is 5.69 Å². The minimum atomic E-state index is -0.957. The summed E-state index contributed by atoms with van der Waals surface area (Å²) in [5, 5.41) is 27.2. The van der Waals surface area contributed by atoms with Crippen molar-refractivity contribution in [3.63, 3.8) is 0 Å². The number of tetrazole rings is 1. The van der Waals surface area contributed by atoms with Crippen molar-refractivity contribution in [2.45, 2.75) is 18.9 Å². The SMILES string of the molecule is O=C(O)Cc1c[nH]c2ccc(NC(=O)[C@H](Cc3ccccc3)NC(=O)C=Cc3cc(Cl)ccc3-n3cnnn3)cc12. The van der Waals surface area contributed by atoms with Gasteiger partial charge in [-0.25, -0.2) is 0 Å². The van der Waals surface area contributed by atoms with Gasteiger partial charge in [-0.3, -0.25) is 14.4 Å². The number of carbonyl (C=O) groups is 3. The molecule has 5 aromatic rings. The Hall–Kier alpha value is -5.29. The molecule has 5 rings (SSSR count). The number of hydrogen-bond acceptors (Lipinski definition) is 6. The molecule has 4 N–H and O–H groups in total. The molecular formula is C29H24ClN7O4. The molecule has 12 heteroatoms. The predicted molar refractivity (Wildman–Crippen MR) is 154 cm³/mol. The van der Waals surface area contributed by atoms with Crippen molar-refractivity contribution >= 4 is 52.1 Å². The second-order valence-electron chi connectivity index (χ2n) is 9.18. The van der Waals surface area contributed by atoms with E-state index in [0.29, 0.717) is 32.9 Å². The van der Waals surface area contributed by atoms with E-state index >= 15 is 0 Å². The smallest absolute Gasteiger partial charge is 0.307 e. The number of anilines is 1. The molecule has 0 spiro atoms. The average molecular weight is 570 g/mol. The molecule has 2 amide bonds. The third kappa shape index (κ3) is 6.84. The fraction of sp³-hybridized carbons (Fsp3) is 0.103. The van der Waals surface area contributed by atoms with Crippen LogP contribution in [0.2, 0.25) is 5.02 Å². The molecule has 11 nitrogen and oxygen atoms in total. The van der Waals surface area contributed by atoms with Gasteiger partial charge in [-0.15, -0.1) is 5.10 Å². The number of aromatic amines is 1. The van der Waals surface area contributed by atoms with Gasteiger partial charge in [0.2, 0.25) is 11.8 Å². The number of hydrogen-bond donors (Lipinski definition) is 4. The Bertz CT molecular complexity index is 1730. The van der Waals surface area contributed by atoms with Crippen LogP contribution >= 0.6 is 11.6 Å². The number of benzene rings is 3. The quantitative estimate of drug-likeness (QED) is 0.186. The van der Waals surface area contributed by atoms with Crippen molar-refractivity contribution in [1.29, 1.82) is 0 Å². The zero-order chi connectivity index (χ0) is 28.8. The molecule has 0 saturated heterocycles. The zero-order valence-corrected chi connectivity index (χ0v) is 22.2. The highest BCUT2D eigenvalue weighted by Crippen LogP contribution is 2.24. The monoisotopic (exact) mass is 569 g/mol. The number of fused-ring (bicyclic) bond motifs is 1. The van der Waals surface area contributed by atoms with Crippen LogP contribution in [-0.2, 0) is 27.2 Å². The van der Waals surface area contributed by atoms with E-state index in [0.717, 1.165) is 11.1 Å². The van der Waals surface area contributed by atoms with E-state index in [9.17, 15) is 19.5 Å². The van der Waals surface area contributed by atoms with Gasteiger partial charge in [0.05, 0.1) is 12.1 Å². The van der Waals surface area contributed by atoms with Crippen LogP contribution in [0, 0.1) is 0 Å². The van der Waals surface area contributed by atoms with E-state index in [1.807, 2.05) is 30.3 Å². The normalized spacial score (nSPS) is 11.9. The number of amides is 2. The van der Waals surface area contributed by atoms with Gasteiger partial charge in [0.1, 0.15) is 12.4 Å². The third-order valence-electron chi connectivity index (χ3n) is 6.29. The molecule has 3 aromatic carbocycles. The van der Waals surface area contributed by atoms with E-state index < -0.39 is 23.8 Å². The molecule has 0 aliphatic rings. The van der Waals surface area contributed by atoms with Crippen molar-refractivity contribution in [1.82, 2.24) is 30.5 Å². The number of carbonyl (C=O) groups excluding carboxylic acids is 2. The standard InChI is InChI=1S/C29H24ClN7O4/c30-21-7-10-26(37-17-32-35-36-37)19(13-21)6-11-27(38)34-25(12-18-4-2-1-3-5-18)29(41)33-22-8-9-24-23(15-22)20(16-31-24)14-28(39)40/h1-11,13,15-17,25,31H,12,14H2,(H,33,41)(H,34,38)(H,39,40)/t25-/m0/s1. The first kappa shape index (κ1) is 27.3. The van der Waals surface area contributed by atoms with Crippen LogP contribution in [0.1, 0.15) is 16.7 Å². The number of aliphatic carboxylic acids is 1. The van der Waals surface area contributed by atoms with Gasteiger partial charge < -0.3 is 20.7 Å². The van der Waals surface area contributed by atoms with Crippen molar-refractivity contribution in [2.75, 3.05) is 5.32 Å². The molecule has 0 aliphatic carbocycles. The van der Waals surface area contributed by atoms with E-state index in [2.05, 4.69) is 31.1 Å². The zero-order valence-electron chi connectivity index (χ0n) is 21.5. The summed E-state index contributed by atoms with van der Waals surface area (Å²) in [6.07, 6.45) is 6.04. The summed E-state index contributed by atoms with van der Waals surface area (Å²) in [6.45, 7) is 0. The maximum absolute atomic E-state index is 13.4. The fourth-order valence-electron chi connectivity index (χ4n) is 4.38. The summed E-state index contributed by atoms with van der Waals surface area (Å²) in [4.78, 5) is 40.7. The molecule has 0 bridgehead atoms. The molecule has 0 aliphatic heterocycles. The summed E-state index contributed by atoms with van der Waals surface area (Å²) < 4.78 is 1.45. The summed E-state index contributed by atoms with van der Waals surface area (Å²) in [7, 11) is 0. The van der Waals surface area contributed by atoms with Crippen molar-refractivity contribution in [3.05, 3.63) is 107 Å². The largest absolute Gasteiger partial charge is 0.481 e. The lowest BCUT2D eigenvalue weighted by atomic mass is 10.0.